The van der Waals surface area contributed by atoms with E-state index >= 15 is 0 Å². The molecule has 0 radical (unpaired) electrons. The first kappa shape index (κ1) is 12.0. The first-order chi connectivity index (χ1) is 9.88. The monoisotopic (exact) mass is 281 g/mol. The van der Waals surface area contributed by atoms with Crippen molar-refractivity contribution < 1.29 is 0 Å². The van der Waals surface area contributed by atoms with Gasteiger partial charge in [0.25, 0.3) is 0 Å². The molecule has 0 saturated heterocycles. The minimum atomic E-state index is 0.552. The summed E-state index contributed by atoms with van der Waals surface area (Å²) in [6.07, 6.45) is 2.27. The smallest absolute Gasteiger partial charge is 0.105 e. The van der Waals surface area contributed by atoms with E-state index in [0.717, 1.165) is 30.4 Å². The van der Waals surface area contributed by atoms with Crippen LogP contribution in [0.15, 0.2) is 42.5 Å². The van der Waals surface area contributed by atoms with Crippen LogP contribution in [0.3, 0.4) is 0 Å². The van der Waals surface area contributed by atoms with Gasteiger partial charge >= 0.3 is 0 Å². The number of rotatable bonds is 3. The van der Waals surface area contributed by atoms with Gasteiger partial charge in [-0.1, -0.05) is 30.3 Å². The highest BCUT2D eigenvalue weighted by atomic mass is 32.1. The molecule has 0 spiro atoms. The van der Waals surface area contributed by atoms with E-state index in [1.54, 1.807) is 0 Å². The van der Waals surface area contributed by atoms with Gasteiger partial charge in [0.2, 0.25) is 0 Å². The Morgan fingerprint density at radius 2 is 1.75 bits per heavy atom. The highest BCUT2D eigenvalue weighted by Crippen LogP contribution is 2.22. The molecule has 0 unspecified atom stereocenters. The van der Waals surface area contributed by atoms with Crippen LogP contribution in [0, 0.1) is 0 Å². The first-order valence-electron chi connectivity index (χ1n) is 6.90. The molecule has 20 heavy (non-hydrogen) atoms. The Morgan fingerprint density at radius 1 is 1.00 bits per heavy atom. The number of nitrogens with one attached hydrogen (secondary N) is 1. The van der Waals surface area contributed by atoms with Crippen molar-refractivity contribution in [1.82, 2.24) is 14.1 Å². The molecule has 1 aliphatic rings. The molecule has 4 rings (SSSR count). The Kier molecular flexibility index (Phi) is 2.98. The third-order valence-electron chi connectivity index (χ3n) is 3.96. The van der Waals surface area contributed by atoms with Crippen LogP contribution in [0.4, 0.5) is 0 Å². The first-order valence-corrected chi connectivity index (χ1v) is 7.63. The highest BCUT2D eigenvalue weighted by Gasteiger charge is 2.20. The molecule has 1 aromatic heterocycles. The van der Waals surface area contributed by atoms with Crippen LogP contribution < -0.4 is 5.32 Å². The molecule has 2 aromatic carbocycles. The standard InChI is InChI=1S/C16H15N3S/c1-2-4-13-9-14(8-12(13)3-1)17-10-11-5-6-15-16(7-11)19-20-18-15/h1-7,14,17H,8-10H2. The zero-order chi connectivity index (χ0) is 13.4. The van der Waals surface area contributed by atoms with Gasteiger partial charge in [0.05, 0.1) is 11.7 Å². The maximum absolute atomic E-state index is 4.29. The third-order valence-corrected chi connectivity index (χ3v) is 4.52. The molecule has 4 heteroatoms. The molecule has 0 saturated carbocycles. The lowest BCUT2D eigenvalue weighted by molar-refractivity contribution is 0.533. The Morgan fingerprint density at radius 3 is 2.55 bits per heavy atom. The van der Waals surface area contributed by atoms with Crippen LogP contribution in [-0.2, 0) is 19.4 Å². The Hall–Kier alpha value is -1.78. The van der Waals surface area contributed by atoms with E-state index in [-0.39, 0.29) is 0 Å². The number of fused-ring (bicyclic) bond motifs is 2. The average Bonchev–Trinajstić information content (AvgIpc) is 3.10. The lowest BCUT2D eigenvalue weighted by Crippen LogP contribution is -2.28. The summed E-state index contributed by atoms with van der Waals surface area (Å²) >= 11 is 1.28. The molecule has 1 N–H and O–H groups in total. The zero-order valence-corrected chi connectivity index (χ0v) is 11.9. The largest absolute Gasteiger partial charge is 0.309 e. The highest BCUT2D eigenvalue weighted by molar-refractivity contribution is 7.00. The van der Waals surface area contributed by atoms with E-state index < -0.39 is 0 Å². The van der Waals surface area contributed by atoms with E-state index in [0.29, 0.717) is 6.04 Å². The average molecular weight is 281 g/mol. The molecular weight excluding hydrogens is 266 g/mol. The quantitative estimate of drug-likeness (QED) is 0.802. The third kappa shape index (κ3) is 2.21. The number of hydrogen-bond acceptors (Lipinski definition) is 4. The lowest BCUT2D eigenvalue weighted by atomic mass is 10.1. The molecule has 3 aromatic rings. The summed E-state index contributed by atoms with van der Waals surface area (Å²) in [5.74, 6) is 0. The molecule has 0 bridgehead atoms. The van der Waals surface area contributed by atoms with Crippen molar-refractivity contribution in [2.45, 2.75) is 25.4 Å². The summed E-state index contributed by atoms with van der Waals surface area (Å²) in [6, 6.07) is 15.6. The van der Waals surface area contributed by atoms with E-state index in [1.165, 1.54) is 28.4 Å². The molecule has 1 heterocycles. The predicted molar refractivity (Wildman–Crippen MR) is 81.9 cm³/mol. The van der Waals surface area contributed by atoms with Crippen molar-refractivity contribution in [2.24, 2.45) is 0 Å². The van der Waals surface area contributed by atoms with Crippen LogP contribution in [0.1, 0.15) is 16.7 Å². The van der Waals surface area contributed by atoms with Crippen LogP contribution >= 0.6 is 11.7 Å². The SMILES string of the molecule is c1ccc2c(c1)CC(NCc1ccc3nsnc3c1)C2. The predicted octanol–water partition coefficient (Wildman–Crippen LogP) is 2.95. The van der Waals surface area contributed by atoms with E-state index in [1.807, 2.05) is 0 Å². The van der Waals surface area contributed by atoms with Crippen LogP contribution in [-0.4, -0.2) is 14.8 Å². The fourth-order valence-corrected chi connectivity index (χ4v) is 3.42. The Balaban J connectivity index is 1.44. The fourth-order valence-electron chi connectivity index (χ4n) is 2.90. The van der Waals surface area contributed by atoms with Crippen LogP contribution in [0.2, 0.25) is 0 Å². The maximum Gasteiger partial charge on any atom is 0.105 e. The van der Waals surface area contributed by atoms with Crippen molar-refractivity contribution in [1.29, 1.82) is 0 Å². The van der Waals surface area contributed by atoms with Gasteiger partial charge in [0, 0.05) is 12.6 Å². The van der Waals surface area contributed by atoms with Crippen molar-refractivity contribution in [3.8, 4) is 0 Å². The second kappa shape index (κ2) is 4.96. The summed E-state index contributed by atoms with van der Waals surface area (Å²) in [7, 11) is 0. The summed E-state index contributed by atoms with van der Waals surface area (Å²) in [5, 5.41) is 3.66. The molecule has 100 valence electrons. The second-order valence-electron chi connectivity index (χ2n) is 5.34. The van der Waals surface area contributed by atoms with Gasteiger partial charge in [-0.05, 0) is 41.7 Å². The van der Waals surface area contributed by atoms with Crippen LogP contribution in [0.5, 0.6) is 0 Å². The fraction of sp³-hybridized carbons (Fsp3) is 0.250. The molecule has 0 amide bonds. The van der Waals surface area contributed by atoms with Gasteiger partial charge in [0.15, 0.2) is 0 Å². The summed E-state index contributed by atoms with van der Waals surface area (Å²) in [6.45, 7) is 0.895. The van der Waals surface area contributed by atoms with E-state index in [4.69, 9.17) is 0 Å². The maximum atomic E-state index is 4.29. The van der Waals surface area contributed by atoms with Crippen molar-refractivity contribution in [3.63, 3.8) is 0 Å². The summed E-state index contributed by atoms with van der Waals surface area (Å²) < 4.78 is 8.53. The van der Waals surface area contributed by atoms with Crippen molar-refractivity contribution in [3.05, 3.63) is 59.2 Å². The molecule has 0 atom stereocenters. The number of hydrogen-bond donors (Lipinski definition) is 1. The Labute approximate surface area is 122 Å². The van der Waals surface area contributed by atoms with Gasteiger partial charge in [-0.2, -0.15) is 8.75 Å². The Bertz CT molecular complexity index is 725. The molecule has 3 nitrogen and oxygen atoms in total. The minimum absolute atomic E-state index is 0.552. The normalized spacial score (nSPS) is 14.8. The zero-order valence-electron chi connectivity index (χ0n) is 11.0. The number of aromatic nitrogens is 2. The van der Waals surface area contributed by atoms with Crippen molar-refractivity contribution >= 4 is 22.8 Å². The van der Waals surface area contributed by atoms with E-state index in [9.17, 15) is 0 Å². The molecule has 1 aliphatic carbocycles. The van der Waals surface area contributed by atoms with Crippen LogP contribution in [0.25, 0.3) is 11.0 Å². The van der Waals surface area contributed by atoms with Gasteiger partial charge in [0.1, 0.15) is 11.0 Å². The van der Waals surface area contributed by atoms with Gasteiger partial charge in [-0.3, -0.25) is 0 Å². The van der Waals surface area contributed by atoms with Gasteiger partial charge in [-0.25, -0.2) is 0 Å². The van der Waals surface area contributed by atoms with Gasteiger partial charge < -0.3 is 5.32 Å². The topological polar surface area (TPSA) is 37.8 Å². The lowest BCUT2D eigenvalue weighted by Gasteiger charge is -2.11. The molecular formula is C16H15N3S. The summed E-state index contributed by atoms with van der Waals surface area (Å²) in [4.78, 5) is 0. The minimum Gasteiger partial charge on any atom is -0.309 e. The molecule has 0 aliphatic heterocycles. The summed E-state index contributed by atoms with van der Waals surface area (Å²) in [5.41, 5.74) is 6.26. The number of nitrogens with zero attached hydrogens (tertiary/aromatic N) is 2. The second-order valence-corrected chi connectivity index (χ2v) is 5.87. The van der Waals surface area contributed by atoms with E-state index in [2.05, 4.69) is 56.5 Å². The molecule has 0 fully saturated rings. The van der Waals surface area contributed by atoms with Crippen molar-refractivity contribution in [2.75, 3.05) is 0 Å². The van der Waals surface area contributed by atoms with Gasteiger partial charge in [-0.15, -0.1) is 0 Å². The number of benzene rings is 2.